The fraction of sp³-hybridized carbons (Fsp3) is 0.286. The summed E-state index contributed by atoms with van der Waals surface area (Å²) >= 11 is 0. The quantitative estimate of drug-likeness (QED) is 0.496. The maximum atomic E-state index is 13.0. The van der Waals surface area contributed by atoms with Crippen molar-refractivity contribution < 1.29 is 12.8 Å². The highest BCUT2D eigenvalue weighted by atomic mass is 32.2. The third-order valence-electron chi connectivity index (χ3n) is 5.80. The fourth-order valence-corrected chi connectivity index (χ4v) is 5.03. The number of rotatable bonds is 6. The van der Waals surface area contributed by atoms with Gasteiger partial charge in [0.15, 0.2) is 5.82 Å². The molecule has 1 aliphatic carbocycles. The summed E-state index contributed by atoms with van der Waals surface area (Å²) in [6.45, 7) is -0.283. The summed E-state index contributed by atoms with van der Waals surface area (Å²) in [6, 6.07) is 9.13. The minimum Gasteiger partial charge on any atom is -0.277 e. The number of hydrogen-bond donors (Lipinski definition) is 1. The highest BCUT2D eigenvalue weighted by Gasteiger charge is 2.30. The van der Waals surface area contributed by atoms with Crippen molar-refractivity contribution in [3.05, 3.63) is 60.7 Å². The molecule has 0 aliphatic heterocycles. The van der Waals surface area contributed by atoms with Crippen LogP contribution in [0.1, 0.15) is 24.3 Å². The zero-order chi connectivity index (χ0) is 21.6. The molecule has 10 heteroatoms. The Morgan fingerprint density at radius 3 is 2.84 bits per heavy atom. The van der Waals surface area contributed by atoms with E-state index in [2.05, 4.69) is 19.9 Å². The summed E-state index contributed by atoms with van der Waals surface area (Å²) in [5.74, 6) is 0.969. The number of fused-ring (bicyclic) bond motifs is 1. The smallest absolute Gasteiger partial charge is 0.265 e. The zero-order valence-electron chi connectivity index (χ0n) is 16.8. The summed E-state index contributed by atoms with van der Waals surface area (Å²) in [7, 11) is -2.10. The summed E-state index contributed by atoms with van der Waals surface area (Å²) in [6.07, 6.45) is 7.72. The van der Waals surface area contributed by atoms with Gasteiger partial charge in [0.05, 0.1) is 36.5 Å². The van der Waals surface area contributed by atoms with Crippen molar-refractivity contribution >= 4 is 26.6 Å². The Bertz CT molecular complexity index is 1360. The van der Waals surface area contributed by atoms with Gasteiger partial charge < -0.3 is 0 Å². The summed E-state index contributed by atoms with van der Waals surface area (Å²) in [5, 5.41) is 9.22. The third-order valence-corrected chi connectivity index (χ3v) is 7.12. The average molecular weight is 441 g/mol. The number of aryl methyl sites for hydroxylation is 1. The van der Waals surface area contributed by atoms with Gasteiger partial charge in [0.2, 0.25) is 0 Å². The van der Waals surface area contributed by atoms with Gasteiger partial charge in [-0.25, -0.2) is 18.1 Å². The number of nitrogens with zero attached hydrogens (tertiary/aromatic N) is 5. The van der Waals surface area contributed by atoms with Crippen molar-refractivity contribution in [1.82, 2.24) is 24.5 Å². The number of para-hydroxylation sites is 1. The Hall–Kier alpha value is -3.27. The lowest BCUT2D eigenvalue weighted by Crippen LogP contribution is -2.23. The highest BCUT2D eigenvalue weighted by Crippen LogP contribution is 2.41. The maximum Gasteiger partial charge on any atom is 0.265 e. The van der Waals surface area contributed by atoms with Gasteiger partial charge in [0, 0.05) is 18.6 Å². The van der Waals surface area contributed by atoms with Gasteiger partial charge in [-0.15, -0.1) is 0 Å². The molecule has 0 amide bonds. The van der Waals surface area contributed by atoms with Crippen molar-refractivity contribution in [2.75, 3.05) is 11.4 Å². The first-order chi connectivity index (χ1) is 14.9. The van der Waals surface area contributed by atoms with Crippen LogP contribution < -0.4 is 4.72 Å². The van der Waals surface area contributed by atoms with E-state index in [1.807, 2.05) is 18.2 Å². The van der Waals surface area contributed by atoms with Crippen LogP contribution in [0.2, 0.25) is 0 Å². The second-order valence-electron chi connectivity index (χ2n) is 7.87. The molecular weight excluding hydrogens is 419 g/mol. The van der Waals surface area contributed by atoms with Crippen LogP contribution in [0.25, 0.3) is 16.7 Å². The number of alkyl halides is 1. The number of nitrogens with one attached hydrogen (secondary N) is 1. The predicted molar refractivity (Wildman–Crippen MR) is 114 cm³/mol. The number of aromatic nitrogens is 5. The molecule has 0 saturated heterocycles. The lowest BCUT2D eigenvalue weighted by molar-refractivity contribution is 0.208. The molecule has 31 heavy (non-hydrogen) atoms. The predicted octanol–water partition coefficient (Wildman–Crippen LogP) is 3.42. The van der Waals surface area contributed by atoms with Gasteiger partial charge in [-0.1, -0.05) is 12.1 Å². The van der Waals surface area contributed by atoms with Crippen LogP contribution in [0.15, 0.2) is 60.0 Å². The van der Waals surface area contributed by atoms with E-state index < -0.39 is 10.0 Å². The minimum atomic E-state index is -3.86. The lowest BCUT2D eigenvalue weighted by Gasteiger charge is -2.33. The van der Waals surface area contributed by atoms with E-state index in [0.29, 0.717) is 22.9 Å². The maximum absolute atomic E-state index is 13.0. The van der Waals surface area contributed by atoms with E-state index >= 15 is 0 Å². The van der Waals surface area contributed by atoms with Gasteiger partial charge in [0.25, 0.3) is 10.0 Å². The van der Waals surface area contributed by atoms with Gasteiger partial charge in [-0.2, -0.15) is 10.2 Å². The molecule has 0 unspecified atom stereocenters. The molecular formula is C21H21FN6O2S. The average Bonchev–Trinajstić information content (AvgIpc) is 3.36. The Labute approximate surface area is 178 Å². The van der Waals surface area contributed by atoms with Crippen molar-refractivity contribution in [2.45, 2.75) is 23.7 Å². The van der Waals surface area contributed by atoms with Crippen molar-refractivity contribution in [1.29, 1.82) is 0 Å². The third kappa shape index (κ3) is 3.56. The Kier molecular flexibility index (Phi) is 4.73. The monoisotopic (exact) mass is 440 g/mol. The van der Waals surface area contributed by atoms with Crippen LogP contribution in [0.4, 0.5) is 10.1 Å². The van der Waals surface area contributed by atoms with Crippen LogP contribution in [-0.4, -0.2) is 39.6 Å². The Morgan fingerprint density at radius 1 is 1.19 bits per heavy atom. The number of anilines is 1. The first-order valence-electron chi connectivity index (χ1n) is 9.95. The molecule has 1 saturated carbocycles. The largest absolute Gasteiger partial charge is 0.277 e. The molecule has 0 radical (unpaired) electrons. The van der Waals surface area contributed by atoms with Crippen LogP contribution >= 0.6 is 0 Å². The molecule has 0 spiro atoms. The molecule has 3 heterocycles. The summed E-state index contributed by atoms with van der Waals surface area (Å²) < 4.78 is 44.4. The molecule has 0 atom stereocenters. The number of pyridine rings is 1. The van der Waals surface area contributed by atoms with Crippen molar-refractivity contribution in [3.63, 3.8) is 0 Å². The molecule has 1 fully saturated rings. The zero-order valence-corrected chi connectivity index (χ0v) is 17.6. The summed E-state index contributed by atoms with van der Waals surface area (Å²) in [5.41, 5.74) is 2.20. The molecule has 3 aromatic heterocycles. The summed E-state index contributed by atoms with van der Waals surface area (Å²) in [4.78, 5) is 4.34. The second-order valence-corrected chi connectivity index (χ2v) is 9.56. The Morgan fingerprint density at radius 2 is 2.03 bits per heavy atom. The van der Waals surface area contributed by atoms with Crippen LogP contribution in [-0.2, 0) is 17.1 Å². The minimum absolute atomic E-state index is 0.0278. The van der Waals surface area contributed by atoms with Gasteiger partial charge >= 0.3 is 0 Å². The molecule has 160 valence electrons. The SMILES string of the molecule is Cn1ncc2cccc(NS(=O)(=O)c3cnn(-c4cc(C5CC(CF)C5)ccn4)c3)c21. The van der Waals surface area contributed by atoms with E-state index in [1.165, 1.54) is 17.1 Å². The number of hydrogen-bond acceptors (Lipinski definition) is 5. The van der Waals surface area contributed by atoms with E-state index in [4.69, 9.17) is 0 Å². The van der Waals surface area contributed by atoms with Gasteiger partial charge in [0.1, 0.15) is 4.90 Å². The van der Waals surface area contributed by atoms with Crippen molar-refractivity contribution in [2.24, 2.45) is 13.0 Å². The Balaban J connectivity index is 1.41. The standard InChI is InChI=1S/C21H21FN6O2S/c1-27-21-16(11-24-27)3-2-4-19(21)26-31(29,30)18-12-25-28(13-18)20-9-15(5-6-23-20)17-7-14(8-17)10-22/h2-6,9,11-14,17,26H,7-8,10H2,1H3. The fourth-order valence-electron chi connectivity index (χ4n) is 4.04. The van der Waals surface area contributed by atoms with Crippen LogP contribution in [0.3, 0.4) is 0 Å². The van der Waals surface area contributed by atoms with Crippen molar-refractivity contribution in [3.8, 4) is 5.82 Å². The molecule has 1 N–H and O–H groups in total. The van der Waals surface area contributed by atoms with E-state index in [9.17, 15) is 12.8 Å². The lowest BCUT2D eigenvalue weighted by atomic mass is 9.72. The van der Waals surface area contributed by atoms with E-state index in [1.54, 1.807) is 36.3 Å². The highest BCUT2D eigenvalue weighted by molar-refractivity contribution is 7.92. The normalized spacial score (nSPS) is 18.8. The molecule has 4 aromatic rings. The number of sulfonamides is 1. The molecule has 1 aliphatic rings. The van der Waals surface area contributed by atoms with Crippen LogP contribution in [0.5, 0.6) is 0 Å². The molecule has 8 nitrogen and oxygen atoms in total. The molecule has 0 bridgehead atoms. The van der Waals surface area contributed by atoms with E-state index in [0.717, 1.165) is 23.8 Å². The van der Waals surface area contributed by atoms with Gasteiger partial charge in [-0.05, 0) is 48.4 Å². The number of benzene rings is 1. The molecule has 1 aromatic carbocycles. The second kappa shape index (κ2) is 7.45. The first kappa shape index (κ1) is 19.7. The topological polar surface area (TPSA) is 94.7 Å². The first-order valence-corrected chi connectivity index (χ1v) is 11.4. The number of halogens is 1. The van der Waals surface area contributed by atoms with Gasteiger partial charge in [-0.3, -0.25) is 13.8 Å². The molecule has 5 rings (SSSR count). The van der Waals surface area contributed by atoms with Crippen LogP contribution in [0, 0.1) is 5.92 Å². The van der Waals surface area contributed by atoms with E-state index in [-0.39, 0.29) is 17.5 Å².